The molecule has 0 heterocycles. The van der Waals surface area contributed by atoms with E-state index in [1.54, 1.807) is 5.57 Å². The summed E-state index contributed by atoms with van der Waals surface area (Å²) in [5.41, 5.74) is 2.25. The van der Waals surface area contributed by atoms with E-state index in [9.17, 15) is 4.79 Å². The average molecular weight is 302 g/mol. The van der Waals surface area contributed by atoms with Crippen LogP contribution in [-0.4, -0.2) is 12.6 Å². The minimum atomic E-state index is -0.300. The van der Waals surface area contributed by atoms with E-state index in [1.807, 2.05) is 0 Å². The molecule has 2 bridgehead atoms. The van der Waals surface area contributed by atoms with Crippen LogP contribution in [0.5, 0.6) is 0 Å². The van der Waals surface area contributed by atoms with Crippen molar-refractivity contribution >= 4 is 5.97 Å². The summed E-state index contributed by atoms with van der Waals surface area (Å²) < 4.78 is 5.01. The minimum Gasteiger partial charge on any atom is -0.463 e. The standard InChI is InChI=1S/C20H30O2/c1-3-19(21)22-9-7-5-4-6-8-20(2)13-15-10-16-12-17(14-20)18(16)11-15/h3,14-16,18H,1,4-13H2,2H3. The van der Waals surface area contributed by atoms with Gasteiger partial charge in [0.2, 0.25) is 0 Å². The molecule has 2 heteroatoms. The number of hydrogen-bond acceptors (Lipinski definition) is 2. The fraction of sp³-hybridized carbons (Fsp3) is 0.750. The number of fused-ring (bicyclic) bond motifs is 1. The van der Waals surface area contributed by atoms with Gasteiger partial charge >= 0.3 is 5.97 Å². The van der Waals surface area contributed by atoms with Gasteiger partial charge in [0.15, 0.2) is 0 Å². The molecule has 0 aromatic heterocycles. The van der Waals surface area contributed by atoms with Gasteiger partial charge < -0.3 is 4.74 Å². The highest BCUT2D eigenvalue weighted by molar-refractivity contribution is 5.81. The van der Waals surface area contributed by atoms with Crippen LogP contribution in [0.15, 0.2) is 24.3 Å². The van der Waals surface area contributed by atoms with E-state index in [2.05, 4.69) is 19.6 Å². The number of hydrogen-bond donors (Lipinski definition) is 0. The lowest BCUT2D eigenvalue weighted by Gasteiger charge is -2.38. The van der Waals surface area contributed by atoms with E-state index >= 15 is 0 Å². The molecule has 3 aliphatic carbocycles. The fourth-order valence-corrected chi connectivity index (χ4v) is 5.10. The van der Waals surface area contributed by atoms with Gasteiger partial charge in [0.05, 0.1) is 6.61 Å². The summed E-state index contributed by atoms with van der Waals surface area (Å²) in [7, 11) is 0. The molecule has 0 saturated heterocycles. The zero-order valence-corrected chi connectivity index (χ0v) is 14.0. The molecule has 4 unspecified atom stereocenters. The topological polar surface area (TPSA) is 26.3 Å². The van der Waals surface area contributed by atoms with Crippen molar-refractivity contribution in [3.05, 3.63) is 24.3 Å². The third-order valence-electron chi connectivity index (χ3n) is 6.11. The predicted molar refractivity (Wildman–Crippen MR) is 89.4 cm³/mol. The number of esters is 1. The molecule has 0 aliphatic heterocycles. The number of allylic oxidation sites excluding steroid dienone is 2. The van der Waals surface area contributed by atoms with Gasteiger partial charge in [0.1, 0.15) is 0 Å². The summed E-state index contributed by atoms with van der Waals surface area (Å²) in [5, 5.41) is 0. The van der Waals surface area contributed by atoms with E-state index in [0.717, 1.165) is 30.6 Å². The maximum atomic E-state index is 10.9. The molecule has 0 radical (unpaired) electrons. The number of unbranched alkanes of at least 4 members (excludes halogenated alkanes) is 3. The van der Waals surface area contributed by atoms with E-state index in [4.69, 9.17) is 4.74 Å². The van der Waals surface area contributed by atoms with Crippen LogP contribution in [0.25, 0.3) is 0 Å². The van der Waals surface area contributed by atoms with Gasteiger partial charge in [0.25, 0.3) is 0 Å². The van der Waals surface area contributed by atoms with Gasteiger partial charge in [-0.05, 0) is 61.7 Å². The molecule has 122 valence electrons. The normalized spacial score (nSPS) is 35.3. The summed E-state index contributed by atoms with van der Waals surface area (Å²) >= 11 is 0. The molecule has 2 nitrogen and oxygen atoms in total. The van der Waals surface area contributed by atoms with Crippen LogP contribution in [0, 0.1) is 23.2 Å². The lowest BCUT2D eigenvalue weighted by atomic mass is 9.67. The minimum absolute atomic E-state index is 0.300. The third kappa shape index (κ3) is 3.47. The zero-order chi connectivity index (χ0) is 15.6. The van der Waals surface area contributed by atoms with Gasteiger partial charge in [-0.1, -0.05) is 44.4 Å². The van der Waals surface area contributed by atoms with Crippen molar-refractivity contribution in [3.8, 4) is 0 Å². The van der Waals surface area contributed by atoms with Gasteiger partial charge in [-0.3, -0.25) is 0 Å². The van der Waals surface area contributed by atoms with Crippen LogP contribution in [0.4, 0.5) is 0 Å². The molecule has 22 heavy (non-hydrogen) atoms. The van der Waals surface area contributed by atoms with Gasteiger partial charge in [-0.2, -0.15) is 0 Å². The molecular formula is C20H30O2. The summed E-state index contributed by atoms with van der Waals surface area (Å²) in [5.74, 6) is 2.73. The van der Waals surface area contributed by atoms with E-state index < -0.39 is 0 Å². The highest BCUT2D eigenvalue weighted by atomic mass is 16.5. The van der Waals surface area contributed by atoms with Crippen LogP contribution < -0.4 is 0 Å². The monoisotopic (exact) mass is 302 g/mol. The lowest BCUT2D eigenvalue weighted by molar-refractivity contribution is -0.137. The molecule has 4 atom stereocenters. The van der Waals surface area contributed by atoms with Crippen molar-refractivity contribution < 1.29 is 9.53 Å². The molecule has 3 aliphatic rings. The Morgan fingerprint density at radius 3 is 3.00 bits per heavy atom. The van der Waals surface area contributed by atoms with Gasteiger partial charge in [0, 0.05) is 6.08 Å². The first-order chi connectivity index (χ1) is 10.6. The molecule has 0 amide bonds. The van der Waals surface area contributed by atoms with Crippen LogP contribution in [0.1, 0.15) is 64.7 Å². The number of rotatable bonds is 8. The molecular weight excluding hydrogens is 272 g/mol. The van der Waals surface area contributed by atoms with E-state index in [1.165, 1.54) is 51.0 Å². The first-order valence-electron chi connectivity index (χ1n) is 9.10. The third-order valence-corrected chi connectivity index (χ3v) is 6.11. The van der Waals surface area contributed by atoms with Crippen molar-refractivity contribution in [1.82, 2.24) is 0 Å². The first kappa shape index (κ1) is 15.8. The van der Waals surface area contributed by atoms with Gasteiger partial charge in [-0.15, -0.1) is 0 Å². The quantitative estimate of drug-likeness (QED) is 0.271. The molecule has 2 saturated carbocycles. The second-order valence-corrected chi connectivity index (χ2v) is 8.02. The Morgan fingerprint density at radius 2 is 2.18 bits per heavy atom. The Kier molecular flexibility index (Phi) is 4.75. The number of ether oxygens (including phenoxy) is 1. The van der Waals surface area contributed by atoms with Crippen molar-refractivity contribution in [3.63, 3.8) is 0 Å². The molecule has 0 aromatic carbocycles. The maximum Gasteiger partial charge on any atom is 0.330 e. The highest BCUT2D eigenvalue weighted by Gasteiger charge is 2.48. The van der Waals surface area contributed by atoms with Crippen molar-refractivity contribution in [2.45, 2.75) is 64.7 Å². The Bertz CT molecular complexity index is 464. The highest BCUT2D eigenvalue weighted by Crippen LogP contribution is 2.59. The second-order valence-electron chi connectivity index (χ2n) is 8.02. The van der Waals surface area contributed by atoms with Crippen LogP contribution in [0.2, 0.25) is 0 Å². The van der Waals surface area contributed by atoms with Crippen molar-refractivity contribution in [1.29, 1.82) is 0 Å². The second kappa shape index (κ2) is 6.60. The Hall–Kier alpha value is -1.05. The van der Waals surface area contributed by atoms with Crippen molar-refractivity contribution in [2.24, 2.45) is 23.2 Å². The summed E-state index contributed by atoms with van der Waals surface area (Å²) in [4.78, 5) is 10.9. The van der Waals surface area contributed by atoms with Crippen LogP contribution in [-0.2, 0) is 9.53 Å². The maximum absolute atomic E-state index is 10.9. The van der Waals surface area contributed by atoms with Gasteiger partial charge in [-0.25, -0.2) is 4.79 Å². The Labute approximate surface area is 135 Å². The smallest absolute Gasteiger partial charge is 0.330 e. The van der Waals surface area contributed by atoms with Crippen molar-refractivity contribution in [2.75, 3.05) is 6.61 Å². The Balaban J connectivity index is 1.35. The Morgan fingerprint density at radius 1 is 1.36 bits per heavy atom. The summed E-state index contributed by atoms with van der Waals surface area (Å²) in [6.45, 7) is 6.43. The predicted octanol–water partition coefficient (Wildman–Crippen LogP) is 5.05. The summed E-state index contributed by atoms with van der Waals surface area (Å²) in [6, 6.07) is 0. The molecule has 0 aromatic rings. The SMILES string of the molecule is C=CC(=O)OCCCCCCC1(C)C=C2CC3CC(CC23)C1. The molecule has 2 fully saturated rings. The number of carbonyl (C=O) groups excluding carboxylic acids is 1. The number of carbonyl (C=O) groups is 1. The van der Waals surface area contributed by atoms with E-state index in [0.29, 0.717) is 12.0 Å². The largest absolute Gasteiger partial charge is 0.463 e. The average Bonchev–Trinajstić information content (AvgIpc) is 2.73. The first-order valence-corrected chi connectivity index (χ1v) is 9.10. The molecule has 0 spiro atoms. The summed E-state index contributed by atoms with van der Waals surface area (Å²) in [6.07, 6.45) is 15.7. The van der Waals surface area contributed by atoms with Crippen LogP contribution >= 0.6 is 0 Å². The molecule has 3 rings (SSSR count). The fourth-order valence-electron chi connectivity index (χ4n) is 5.10. The zero-order valence-electron chi connectivity index (χ0n) is 14.0. The lowest BCUT2D eigenvalue weighted by Crippen LogP contribution is -2.27. The van der Waals surface area contributed by atoms with E-state index in [-0.39, 0.29) is 5.97 Å². The molecule has 0 N–H and O–H groups in total. The van der Waals surface area contributed by atoms with Crippen LogP contribution in [0.3, 0.4) is 0 Å².